The highest BCUT2D eigenvalue weighted by Crippen LogP contribution is 2.63. The van der Waals surface area contributed by atoms with Crippen LogP contribution < -0.4 is 4.90 Å². The summed E-state index contributed by atoms with van der Waals surface area (Å²) in [6.45, 7) is 0. The third kappa shape index (κ3) is 4.85. The molecule has 0 N–H and O–H groups in total. The molecule has 0 saturated heterocycles. The molecule has 0 saturated carbocycles. The van der Waals surface area contributed by atoms with Crippen molar-refractivity contribution in [3.05, 3.63) is 247 Å². The van der Waals surface area contributed by atoms with Crippen LogP contribution in [-0.2, 0) is 5.41 Å². The Kier molecular flexibility index (Phi) is 7.26. The van der Waals surface area contributed by atoms with Gasteiger partial charge < -0.3 is 9.32 Å². The summed E-state index contributed by atoms with van der Waals surface area (Å²) in [5, 5.41) is 4.46. The summed E-state index contributed by atoms with van der Waals surface area (Å²) < 4.78 is 7.19. The first-order valence-corrected chi connectivity index (χ1v) is 21.1. The van der Waals surface area contributed by atoms with Crippen LogP contribution in [0.1, 0.15) is 22.3 Å². The highest BCUT2D eigenvalue weighted by molar-refractivity contribution is 6.18. The molecular weight excluding hydrogens is 739 g/mol. The van der Waals surface area contributed by atoms with Gasteiger partial charge in [0, 0.05) is 27.5 Å². The van der Waals surface area contributed by atoms with Gasteiger partial charge in [-0.05, 0) is 115 Å². The number of hydrogen-bond donors (Lipinski definition) is 0. The fourth-order valence-electron chi connectivity index (χ4n) is 10.6. The van der Waals surface area contributed by atoms with Gasteiger partial charge in [-0.1, -0.05) is 182 Å². The third-order valence-electron chi connectivity index (χ3n) is 13.3. The fraction of sp³-hybridized carbons (Fsp3) is 0.0169. The van der Waals surface area contributed by atoms with Crippen molar-refractivity contribution in [2.75, 3.05) is 4.90 Å². The molecule has 11 aromatic rings. The Hall–Kier alpha value is -7.94. The summed E-state index contributed by atoms with van der Waals surface area (Å²) in [6, 6.07) is 82.2. The van der Waals surface area contributed by atoms with E-state index in [4.69, 9.17) is 4.42 Å². The average Bonchev–Trinajstić information content (AvgIpc) is 3.97. The number of nitrogens with zero attached hydrogens (tertiary/aromatic N) is 1. The van der Waals surface area contributed by atoms with Gasteiger partial charge in [-0.2, -0.15) is 0 Å². The molecule has 0 amide bonds. The quantitative estimate of drug-likeness (QED) is 0.173. The molecule has 0 bridgehead atoms. The van der Waals surface area contributed by atoms with Crippen molar-refractivity contribution in [1.29, 1.82) is 0 Å². The third-order valence-corrected chi connectivity index (χ3v) is 13.3. The zero-order valence-corrected chi connectivity index (χ0v) is 33.2. The molecule has 2 nitrogen and oxygen atoms in total. The molecule has 284 valence electrons. The van der Waals surface area contributed by atoms with Crippen LogP contribution in [0.5, 0.6) is 0 Å². The number of furan rings is 1. The maximum absolute atomic E-state index is 7.19. The number of hydrogen-bond acceptors (Lipinski definition) is 2. The maximum atomic E-state index is 7.19. The van der Waals surface area contributed by atoms with E-state index in [1.54, 1.807) is 0 Å². The lowest BCUT2D eigenvalue weighted by Gasteiger charge is -2.32. The molecule has 13 rings (SSSR count). The van der Waals surface area contributed by atoms with E-state index < -0.39 is 5.41 Å². The molecule has 61 heavy (non-hydrogen) atoms. The van der Waals surface area contributed by atoms with E-state index in [0.29, 0.717) is 0 Å². The smallest absolute Gasteiger partial charge is 0.159 e. The van der Waals surface area contributed by atoms with E-state index in [1.807, 2.05) is 0 Å². The Balaban J connectivity index is 1.12. The molecule has 1 aromatic heterocycles. The molecule has 1 heterocycles. The number of fused-ring (bicyclic) bond motifs is 15. The van der Waals surface area contributed by atoms with Gasteiger partial charge in [0.05, 0.1) is 11.1 Å². The van der Waals surface area contributed by atoms with Crippen LogP contribution in [0, 0.1) is 0 Å². The first-order chi connectivity index (χ1) is 30.3. The van der Waals surface area contributed by atoms with Crippen LogP contribution in [-0.4, -0.2) is 0 Å². The van der Waals surface area contributed by atoms with Crippen molar-refractivity contribution in [2.24, 2.45) is 0 Å². The molecule has 2 aliphatic carbocycles. The molecule has 1 spiro atoms. The van der Waals surface area contributed by atoms with Crippen molar-refractivity contribution in [3.8, 4) is 44.5 Å². The van der Waals surface area contributed by atoms with Crippen LogP contribution in [0.4, 0.5) is 17.1 Å². The van der Waals surface area contributed by atoms with Gasteiger partial charge >= 0.3 is 0 Å². The van der Waals surface area contributed by atoms with E-state index in [9.17, 15) is 0 Å². The molecule has 2 heteroatoms. The van der Waals surface area contributed by atoms with Crippen molar-refractivity contribution in [3.63, 3.8) is 0 Å². The zero-order valence-electron chi connectivity index (χ0n) is 33.2. The highest BCUT2D eigenvalue weighted by Gasteiger charge is 2.51. The second-order valence-corrected chi connectivity index (χ2v) is 16.4. The van der Waals surface area contributed by atoms with E-state index in [-0.39, 0.29) is 0 Å². The van der Waals surface area contributed by atoms with Crippen molar-refractivity contribution in [2.45, 2.75) is 5.41 Å². The Morgan fingerprint density at radius 1 is 0.311 bits per heavy atom. The first kappa shape index (κ1) is 34.0. The highest BCUT2D eigenvalue weighted by atomic mass is 16.3. The second-order valence-electron chi connectivity index (χ2n) is 16.4. The summed E-state index contributed by atoms with van der Waals surface area (Å²) in [4.78, 5) is 2.43. The van der Waals surface area contributed by atoms with Gasteiger partial charge in [0.1, 0.15) is 5.58 Å². The van der Waals surface area contributed by atoms with E-state index in [2.05, 4.69) is 229 Å². The Labute approximate surface area is 354 Å². The molecule has 10 aromatic carbocycles. The molecular formula is C59H37NO. The Morgan fingerprint density at radius 3 is 1.49 bits per heavy atom. The molecule has 0 unspecified atom stereocenters. The summed E-state index contributed by atoms with van der Waals surface area (Å²) >= 11 is 0. The normalized spacial score (nSPS) is 13.0. The number of rotatable bonds is 5. The number of anilines is 3. The topological polar surface area (TPSA) is 16.4 Å². The molecule has 0 fully saturated rings. The van der Waals surface area contributed by atoms with Gasteiger partial charge in [0.15, 0.2) is 5.58 Å². The molecule has 2 aliphatic rings. The maximum Gasteiger partial charge on any atom is 0.159 e. The summed E-state index contributed by atoms with van der Waals surface area (Å²) in [6.07, 6.45) is 0. The van der Waals surface area contributed by atoms with Gasteiger partial charge in [-0.3, -0.25) is 0 Å². The monoisotopic (exact) mass is 775 g/mol. The van der Waals surface area contributed by atoms with Crippen molar-refractivity contribution < 1.29 is 4.42 Å². The fourth-order valence-corrected chi connectivity index (χ4v) is 10.6. The van der Waals surface area contributed by atoms with Crippen LogP contribution in [0.2, 0.25) is 0 Å². The Morgan fingerprint density at radius 2 is 0.836 bits per heavy atom. The lowest BCUT2D eigenvalue weighted by Crippen LogP contribution is -2.26. The summed E-state index contributed by atoms with van der Waals surface area (Å²) in [7, 11) is 0. The molecule has 0 aliphatic heterocycles. The van der Waals surface area contributed by atoms with Gasteiger partial charge in [0.25, 0.3) is 0 Å². The molecule has 0 radical (unpaired) electrons. The predicted octanol–water partition coefficient (Wildman–Crippen LogP) is 15.9. The van der Waals surface area contributed by atoms with Crippen molar-refractivity contribution >= 4 is 49.8 Å². The van der Waals surface area contributed by atoms with Crippen molar-refractivity contribution in [1.82, 2.24) is 0 Å². The van der Waals surface area contributed by atoms with Gasteiger partial charge in [-0.15, -0.1) is 0 Å². The van der Waals surface area contributed by atoms with Crippen LogP contribution in [0.15, 0.2) is 229 Å². The lowest BCUT2D eigenvalue weighted by atomic mass is 9.70. The van der Waals surface area contributed by atoms with Gasteiger partial charge in [-0.25, -0.2) is 0 Å². The van der Waals surface area contributed by atoms with Gasteiger partial charge in [0.2, 0.25) is 0 Å². The predicted molar refractivity (Wildman–Crippen MR) is 253 cm³/mol. The SMILES string of the molecule is c1ccc(-c2ccc(N(c3ccc4c(c3)C3(c5ccccc5-c5ccccc53)c3ccccc3-4)c3cc(-c4ccccc4)cc4c3oc3c5ccccc5ccc43)cc2)cc1. The van der Waals surface area contributed by atoms with E-state index in [1.165, 1.54) is 55.6 Å². The van der Waals surface area contributed by atoms with E-state index in [0.717, 1.165) is 60.9 Å². The minimum atomic E-state index is -0.475. The van der Waals surface area contributed by atoms with E-state index >= 15 is 0 Å². The summed E-state index contributed by atoms with van der Waals surface area (Å²) in [5.74, 6) is 0. The Bertz CT molecular complexity index is 3460. The van der Waals surface area contributed by atoms with Crippen LogP contribution >= 0.6 is 0 Å². The largest absolute Gasteiger partial charge is 0.453 e. The zero-order chi connectivity index (χ0) is 40.1. The number of benzene rings is 10. The summed E-state index contributed by atoms with van der Waals surface area (Å²) in [5.41, 5.74) is 19.5. The van der Waals surface area contributed by atoms with Crippen LogP contribution in [0.25, 0.3) is 77.2 Å². The average molecular weight is 776 g/mol. The first-order valence-electron chi connectivity index (χ1n) is 21.1. The minimum absolute atomic E-state index is 0.475. The lowest BCUT2D eigenvalue weighted by molar-refractivity contribution is 0.673. The minimum Gasteiger partial charge on any atom is -0.453 e. The molecule has 0 atom stereocenters. The standard InChI is InChI=1S/C59H37NO/c1-3-15-38(16-4-1)40-27-30-43(31-28-40)60(56-36-42(39-17-5-2-6-18-39)35-51-50-33-29-41-19-7-8-20-45(41)57(50)61-58(51)56)44-32-34-49-48-23-11-14-26-54(48)59(55(49)37-44)52-24-12-9-21-46(52)47-22-10-13-25-53(47)59/h1-37H. The van der Waals surface area contributed by atoms with Crippen LogP contribution in [0.3, 0.4) is 0 Å². The second kappa shape index (κ2) is 13.0.